The highest BCUT2D eigenvalue weighted by atomic mass is 32.2. The van der Waals surface area contributed by atoms with Gasteiger partial charge in [-0.3, -0.25) is 4.21 Å². The average Bonchev–Trinajstić information content (AvgIpc) is 2.15. The van der Waals surface area contributed by atoms with E-state index in [1.165, 1.54) is 0 Å². The summed E-state index contributed by atoms with van der Waals surface area (Å²) in [5.74, 6) is 0.833. The van der Waals surface area contributed by atoms with E-state index in [4.69, 9.17) is 0 Å². The summed E-state index contributed by atoms with van der Waals surface area (Å²) in [6.07, 6.45) is 3.45. The molecule has 0 fully saturated rings. The molecule has 0 bridgehead atoms. The predicted octanol–water partition coefficient (Wildman–Crippen LogP) is 1.26. The Kier molecular flexibility index (Phi) is 3.89. The molecule has 0 aliphatic carbocycles. The van der Waals surface area contributed by atoms with Crippen molar-refractivity contribution in [2.24, 2.45) is 0 Å². The molecule has 0 aromatic carbocycles. The molecule has 0 aliphatic rings. The van der Waals surface area contributed by atoms with E-state index in [2.05, 4.69) is 10.3 Å². The monoisotopic (exact) mass is 198 g/mol. The van der Waals surface area contributed by atoms with Crippen LogP contribution in [0.5, 0.6) is 0 Å². The first-order valence-corrected chi connectivity index (χ1v) is 5.79. The van der Waals surface area contributed by atoms with Crippen LogP contribution in [0, 0.1) is 0 Å². The number of pyridine rings is 1. The molecule has 2 atom stereocenters. The zero-order chi connectivity index (χ0) is 9.68. The molecule has 0 radical (unpaired) electrons. The Morgan fingerprint density at radius 1 is 1.62 bits per heavy atom. The third-order valence-electron chi connectivity index (χ3n) is 1.80. The van der Waals surface area contributed by atoms with Crippen LogP contribution in [0.4, 0.5) is 5.82 Å². The normalized spacial score (nSPS) is 14.9. The van der Waals surface area contributed by atoms with Crippen LogP contribution < -0.4 is 5.32 Å². The molecule has 1 heterocycles. The van der Waals surface area contributed by atoms with E-state index in [9.17, 15) is 4.21 Å². The van der Waals surface area contributed by atoms with Crippen molar-refractivity contribution in [2.45, 2.75) is 12.2 Å². The maximum atomic E-state index is 11.0. The molecule has 1 N–H and O–H groups in total. The molecule has 2 unspecified atom stereocenters. The van der Waals surface area contributed by atoms with Gasteiger partial charge >= 0.3 is 0 Å². The van der Waals surface area contributed by atoms with Crippen LogP contribution in [0.15, 0.2) is 24.4 Å². The molecule has 0 amide bonds. The summed E-state index contributed by atoms with van der Waals surface area (Å²) in [6, 6.07) is 5.68. The summed E-state index contributed by atoms with van der Waals surface area (Å²) in [5, 5.41) is 3.28. The van der Waals surface area contributed by atoms with Gasteiger partial charge in [0, 0.05) is 35.0 Å². The van der Waals surface area contributed by atoms with Crippen LogP contribution in [0.2, 0.25) is 0 Å². The van der Waals surface area contributed by atoms with Gasteiger partial charge in [0.2, 0.25) is 0 Å². The Morgan fingerprint density at radius 2 is 2.38 bits per heavy atom. The highest BCUT2D eigenvalue weighted by Gasteiger charge is 2.04. The maximum Gasteiger partial charge on any atom is 0.125 e. The lowest BCUT2D eigenvalue weighted by Crippen LogP contribution is -2.20. The van der Waals surface area contributed by atoms with Crippen molar-refractivity contribution in [3.05, 3.63) is 24.4 Å². The standard InChI is InChI=1S/C9H14N2OS/c1-8(13(2)12)7-11-9-5-3-4-6-10-9/h3-6,8H,7H2,1-2H3,(H,10,11). The van der Waals surface area contributed by atoms with Crippen LogP contribution >= 0.6 is 0 Å². The van der Waals surface area contributed by atoms with Crippen LogP contribution in [-0.4, -0.2) is 27.2 Å². The van der Waals surface area contributed by atoms with E-state index in [-0.39, 0.29) is 5.25 Å². The Morgan fingerprint density at radius 3 is 2.92 bits per heavy atom. The number of hydrogen-bond acceptors (Lipinski definition) is 3. The molecule has 3 nitrogen and oxygen atoms in total. The van der Waals surface area contributed by atoms with Crippen molar-refractivity contribution in [2.75, 3.05) is 18.1 Å². The molecule has 1 aromatic heterocycles. The van der Waals surface area contributed by atoms with Crippen molar-refractivity contribution in [1.29, 1.82) is 0 Å². The zero-order valence-corrected chi connectivity index (χ0v) is 8.67. The first-order valence-electron chi connectivity index (χ1n) is 4.17. The highest BCUT2D eigenvalue weighted by molar-refractivity contribution is 7.84. The van der Waals surface area contributed by atoms with Gasteiger partial charge < -0.3 is 5.32 Å². The fourth-order valence-corrected chi connectivity index (χ4v) is 1.15. The van der Waals surface area contributed by atoms with Gasteiger partial charge in [-0.2, -0.15) is 0 Å². The van der Waals surface area contributed by atoms with Gasteiger partial charge in [0.25, 0.3) is 0 Å². The van der Waals surface area contributed by atoms with E-state index < -0.39 is 10.8 Å². The zero-order valence-electron chi connectivity index (χ0n) is 7.86. The molecule has 0 saturated carbocycles. The lowest BCUT2D eigenvalue weighted by atomic mass is 10.4. The minimum Gasteiger partial charge on any atom is -0.369 e. The Labute approximate surface area is 81.0 Å². The first-order chi connectivity index (χ1) is 6.20. The first kappa shape index (κ1) is 10.2. The SMILES string of the molecule is CC(CNc1ccccn1)S(C)=O. The second kappa shape index (κ2) is 4.97. The molecule has 0 saturated heterocycles. The van der Waals surface area contributed by atoms with Gasteiger partial charge in [0.15, 0.2) is 0 Å². The van der Waals surface area contributed by atoms with Gasteiger partial charge in [-0.25, -0.2) is 4.98 Å². The molecule has 13 heavy (non-hydrogen) atoms. The van der Waals surface area contributed by atoms with Gasteiger partial charge in [0.1, 0.15) is 5.82 Å². The number of anilines is 1. The summed E-state index contributed by atoms with van der Waals surface area (Å²) in [4.78, 5) is 4.10. The smallest absolute Gasteiger partial charge is 0.125 e. The molecule has 0 spiro atoms. The van der Waals surface area contributed by atoms with Crippen molar-refractivity contribution in [3.63, 3.8) is 0 Å². The van der Waals surface area contributed by atoms with Crippen molar-refractivity contribution in [3.8, 4) is 0 Å². The molecule has 72 valence electrons. The van der Waals surface area contributed by atoms with Gasteiger partial charge in [0.05, 0.1) is 0 Å². The summed E-state index contributed by atoms with van der Waals surface area (Å²) >= 11 is 0. The number of aromatic nitrogens is 1. The molecule has 0 aliphatic heterocycles. The molecular weight excluding hydrogens is 184 g/mol. The summed E-state index contributed by atoms with van der Waals surface area (Å²) in [6.45, 7) is 2.65. The lowest BCUT2D eigenvalue weighted by molar-refractivity contribution is 0.679. The number of hydrogen-bond donors (Lipinski definition) is 1. The largest absolute Gasteiger partial charge is 0.369 e. The van der Waals surface area contributed by atoms with E-state index in [0.29, 0.717) is 6.54 Å². The summed E-state index contributed by atoms with van der Waals surface area (Å²) in [7, 11) is -0.774. The minimum absolute atomic E-state index is 0.155. The van der Waals surface area contributed by atoms with Crippen molar-refractivity contribution < 1.29 is 4.21 Å². The van der Waals surface area contributed by atoms with Crippen LogP contribution in [0.25, 0.3) is 0 Å². The van der Waals surface area contributed by atoms with Crippen molar-refractivity contribution >= 4 is 16.6 Å². The molecule has 4 heteroatoms. The Bertz CT molecular complexity index is 276. The van der Waals surface area contributed by atoms with Crippen LogP contribution in [0.3, 0.4) is 0 Å². The van der Waals surface area contributed by atoms with Crippen LogP contribution in [0.1, 0.15) is 6.92 Å². The minimum atomic E-state index is -0.774. The van der Waals surface area contributed by atoms with Crippen molar-refractivity contribution in [1.82, 2.24) is 4.98 Å². The van der Waals surface area contributed by atoms with Crippen LogP contribution in [-0.2, 0) is 10.8 Å². The third-order valence-corrected chi connectivity index (χ3v) is 3.10. The van der Waals surface area contributed by atoms with E-state index >= 15 is 0 Å². The Hall–Kier alpha value is -0.900. The molecule has 1 aromatic rings. The highest BCUT2D eigenvalue weighted by Crippen LogP contribution is 2.01. The Balaban J connectivity index is 2.39. The quantitative estimate of drug-likeness (QED) is 0.792. The molecular formula is C9H14N2OS. The number of nitrogens with one attached hydrogen (secondary N) is 1. The maximum absolute atomic E-state index is 11.0. The average molecular weight is 198 g/mol. The van der Waals surface area contributed by atoms with Gasteiger partial charge in [-0.05, 0) is 19.1 Å². The summed E-state index contributed by atoms with van der Waals surface area (Å²) < 4.78 is 11.0. The lowest BCUT2D eigenvalue weighted by Gasteiger charge is -2.09. The van der Waals surface area contributed by atoms with Gasteiger partial charge in [-0.1, -0.05) is 6.07 Å². The van der Waals surface area contributed by atoms with E-state index in [1.54, 1.807) is 12.5 Å². The summed E-state index contributed by atoms with van der Waals surface area (Å²) in [5.41, 5.74) is 0. The molecule has 1 rings (SSSR count). The second-order valence-corrected chi connectivity index (χ2v) is 4.71. The second-order valence-electron chi connectivity index (χ2n) is 2.91. The van der Waals surface area contributed by atoms with E-state index in [0.717, 1.165) is 5.82 Å². The number of rotatable bonds is 4. The third kappa shape index (κ3) is 3.55. The predicted molar refractivity (Wildman–Crippen MR) is 56.3 cm³/mol. The fraction of sp³-hybridized carbons (Fsp3) is 0.444. The fourth-order valence-electron chi connectivity index (χ4n) is 0.833. The van der Waals surface area contributed by atoms with Gasteiger partial charge in [-0.15, -0.1) is 0 Å². The topological polar surface area (TPSA) is 42.0 Å². The number of nitrogens with zero attached hydrogens (tertiary/aromatic N) is 1. The van der Waals surface area contributed by atoms with E-state index in [1.807, 2.05) is 25.1 Å².